The Hall–Kier alpha value is -3.93. The number of ether oxygens (including phenoxy) is 2. The smallest absolute Gasteiger partial charge is 0.307 e. The Bertz CT molecular complexity index is 1200. The fourth-order valence-corrected chi connectivity index (χ4v) is 3.99. The molecular formula is C25H22N2O4. The van der Waals surface area contributed by atoms with Crippen molar-refractivity contribution in [1.82, 2.24) is 4.98 Å². The molecule has 0 amide bonds. The molecule has 2 heterocycles. The number of aliphatic carboxylic acids is 1. The molecule has 3 aromatic carbocycles. The van der Waals surface area contributed by atoms with Crippen molar-refractivity contribution in [2.24, 2.45) is 0 Å². The molecule has 6 heteroatoms. The van der Waals surface area contributed by atoms with Crippen LogP contribution in [0.4, 0.5) is 11.4 Å². The van der Waals surface area contributed by atoms with Crippen LogP contribution in [0, 0.1) is 0 Å². The number of aromatic nitrogens is 1. The fraction of sp³-hybridized carbons (Fsp3) is 0.160. The molecule has 0 radical (unpaired) electrons. The number of hydrogen-bond acceptors (Lipinski definition) is 4. The zero-order valence-electron chi connectivity index (χ0n) is 16.9. The molecule has 2 N–H and O–H groups in total. The van der Waals surface area contributed by atoms with Crippen LogP contribution < -0.4 is 14.4 Å². The Morgan fingerprint density at radius 3 is 2.42 bits per heavy atom. The van der Waals surface area contributed by atoms with Crippen LogP contribution in [-0.4, -0.2) is 29.2 Å². The van der Waals surface area contributed by atoms with Crippen LogP contribution in [0.25, 0.3) is 10.9 Å². The number of carbonyl (C=O) groups is 1. The van der Waals surface area contributed by atoms with Gasteiger partial charge in [0.25, 0.3) is 0 Å². The highest BCUT2D eigenvalue weighted by molar-refractivity contribution is 5.88. The second-order valence-corrected chi connectivity index (χ2v) is 7.48. The lowest BCUT2D eigenvalue weighted by atomic mass is 10.1. The number of carboxylic acids is 1. The molecule has 4 aromatic rings. The monoisotopic (exact) mass is 414 g/mol. The van der Waals surface area contributed by atoms with E-state index < -0.39 is 5.97 Å². The largest absolute Gasteiger partial charge is 0.494 e. The van der Waals surface area contributed by atoms with E-state index >= 15 is 0 Å². The first-order chi connectivity index (χ1) is 15.2. The number of aromatic amines is 1. The highest BCUT2D eigenvalue weighted by atomic mass is 16.5. The molecule has 0 atom stereocenters. The van der Waals surface area contributed by atoms with E-state index in [1.165, 1.54) is 0 Å². The van der Waals surface area contributed by atoms with E-state index in [1.54, 1.807) is 6.20 Å². The maximum absolute atomic E-state index is 11.1. The molecule has 0 bridgehead atoms. The number of anilines is 2. The normalized spacial score (nSPS) is 12.2. The maximum atomic E-state index is 11.1. The lowest BCUT2D eigenvalue weighted by molar-refractivity contribution is -0.136. The van der Waals surface area contributed by atoms with Crippen molar-refractivity contribution in [2.45, 2.75) is 12.8 Å². The Balaban J connectivity index is 1.27. The lowest BCUT2D eigenvalue weighted by Gasteiger charge is -2.32. The third kappa shape index (κ3) is 3.80. The number of nitrogens with one attached hydrogen (secondary N) is 1. The summed E-state index contributed by atoms with van der Waals surface area (Å²) in [7, 11) is 0. The van der Waals surface area contributed by atoms with Gasteiger partial charge in [0.15, 0.2) is 11.5 Å². The van der Waals surface area contributed by atoms with E-state index in [1.807, 2.05) is 54.6 Å². The van der Waals surface area contributed by atoms with E-state index in [0.29, 0.717) is 6.61 Å². The Morgan fingerprint density at radius 1 is 1.00 bits per heavy atom. The first-order valence-electron chi connectivity index (χ1n) is 10.3. The molecule has 1 aliphatic heterocycles. The maximum Gasteiger partial charge on any atom is 0.307 e. The van der Waals surface area contributed by atoms with Gasteiger partial charge in [0.1, 0.15) is 5.75 Å². The van der Waals surface area contributed by atoms with E-state index in [2.05, 4.69) is 22.0 Å². The van der Waals surface area contributed by atoms with E-state index in [4.69, 9.17) is 14.6 Å². The zero-order chi connectivity index (χ0) is 21.2. The molecule has 1 aliphatic rings. The van der Waals surface area contributed by atoms with Crippen LogP contribution in [0.2, 0.25) is 0 Å². The average Bonchev–Trinajstić information content (AvgIpc) is 3.17. The topological polar surface area (TPSA) is 74.8 Å². The van der Waals surface area contributed by atoms with Gasteiger partial charge in [-0.2, -0.15) is 0 Å². The summed E-state index contributed by atoms with van der Waals surface area (Å²) < 4.78 is 12.0. The standard InChI is InChI=1S/C25H22N2O4/c28-25(29)14-17-16-26-20-11-10-18(15-19(17)20)30-13-5-12-27-21-6-1-3-8-23(21)31-24-9-4-2-7-22(24)27/h1-4,6-11,15-16,26H,5,12-14H2,(H,28,29). The number of nitrogens with zero attached hydrogens (tertiary/aromatic N) is 1. The molecule has 0 saturated heterocycles. The second kappa shape index (κ2) is 8.07. The van der Waals surface area contributed by atoms with Gasteiger partial charge in [0.2, 0.25) is 0 Å². The molecular weight excluding hydrogens is 392 g/mol. The van der Waals surface area contributed by atoms with Gasteiger partial charge >= 0.3 is 5.97 Å². The predicted octanol–water partition coefficient (Wildman–Crippen LogP) is 5.51. The molecule has 156 valence electrons. The van der Waals surface area contributed by atoms with Gasteiger partial charge in [-0.05, 0) is 54.4 Å². The lowest BCUT2D eigenvalue weighted by Crippen LogP contribution is -2.23. The average molecular weight is 414 g/mol. The van der Waals surface area contributed by atoms with Crippen molar-refractivity contribution in [3.8, 4) is 17.2 Å². The summed E-state index contributed by atoms with van der Waals surface area (Å²) in [6, 6.07) is 21.8. The van der Waals surface area contributed by atoms with Crippen molar-refractivity contribution in [1.29, 1.82) is 0 Å². The van der Waals surface area contributed by atoms with Crippen LogP contribution in [-0.2, 0) is 11.2 Å². The molecule has 6 nitrogen and oxygen atoms in total. The van der Waals surface area contributed by atoms with Crippen molar-refractivity contribution >= 4 is 28.2 Å². The van der Waals surface area contributed by atoms with Crippen LogP contribution in [0.1, 0.15) is 12.0 Å². The molecule has 0 spiro atoms. The molecule has 0 aliphatic carbocycles. The minimum Gasteiger partial charge on any atom is -0.494 e. The van der Waals surface area contributed by atoms with Crippen molar-refractivity contribution in [3.63, 3.8) is 0 Å². The highest BCUT2D eigenvalue weighted by Gasteiger charge is 2.23. The van der Waals surface area contributed by atoms with Crippen LogP contribution in [0.5, 0.6) is 17.2 Å². The number of benzene rings is 3. The predicted molar refractivity (Wildman–Crippen MR) is 120 cm³/mol. The van der Waals surface area contributed by atoms with Crippen LogP contribution in [0.15, 0.2) is 72.9 Å². The number of para-hydroxylation sites is 4. The number of fused-ring (bicyclic) bond motifs is 3. The van der Waals surface area contributed by atoms with Gasteiger partial charge in [0, 0.05) is 23.6 Å². The SMILES string of the molecule is O=C(O)Cc1c[nH]c2ccc(OCCCN3c4ccccc4Oc4ccccc43)cc12. The summed E-state index contributed by atoms with van der Waals surface area (Å²) in [6.07, 6.45) is 2.55. The summed E-state index contributed by atoms with van der Waals surface area (Å²) in [4.78, 5) is 16.4. The van der Waals surface area contributed by atoms with Gasteiger partial charge in [-0.3, -0.25) is 4.79 Å². The first kappa shape index (κ1) is 19.1. The summed E-state index contributed by atoms with van der Waals surface area (Å²) in [6.45, 7) is 1.33. The fourth-order valence-electron chi connectivity index (χ4n) is 3.99. The van der Waals surface area contributed by atoms with E-state index in [9.17, 15) is 4.79 Å². The zero-order valence-corrected chi connectivity index (χ0v) is 16.9. The van der Waals surface area contributed by atoms with Gasteiger partial charge in [-0.1, -0.05) is 24.3 Å². The van der Waals surface area contributed by atoms with Gasteiger partial charge in [-0.15, -0.1) is 0 Å². The summed E-state index contributed by atoms with van der Waals surface area (Å²) in [5, 5.41) is 9.98. The summed E-state index contributed by atoms with van der Waals surface area (Å²) in [5.41, 5.74) is 3.76. The molecule has 5 rings (SSSR count). The van der Waals surface area contributed by atoms with Gasteiger partial charge in [-0.25, -0.2) is 0 Å². The molecule has 0 fully saturated rings. The van der Waals surface area contributed by atoms with Gasteiger partial charge in [0.05, 0.1) is 24.4 Å². The summed E-state index contributed by atoms with van der Waals surface area (Å²) >= 11 is 0. The van der Waals surface area contributed by atoms with Crippen molar-refractivity contribution < 1.29 is 19.4 Å². The molecule has 1 aromatic heterocycles. The number of carboxylic acid groups (broad SMARTS) is 1. The Labute approximate surface area is 179 Å². The number of hydrogen-bond donors (Lipinski definition) is 2. The molecule has 0 saturated carbocycles. The van der Waals surface area contributed by atoms with E-state index in [-0.39, 0.29) is 6.42 Å². The van der Waals surface area contributed by atoms with E-state index in [0.717, 1.165) is 58.1 Å². The Morgan fingerprint density at radius 2 is 1.71 bits per heavy atom. The van der Waals surface area contributed by atoms with Crippen molar-refractivity contribution in [3.05, 3.63) is 78.5 Å². The minimum absolute atomic E-state index is 0.0146. The minimum atomic E-state index is -0.849. The second-order valence-electron chi connectivity index (χ2n) is 7.48. The van der Waals surface area contributed by atoms with Gasteiger partial charge < -0.3 is 24.5 Å². The highest BCUT2D eigenvalue weighted by Crippen LogP contribution is 2.46. The molecule has 31 heavy (non-hydrogen) atoms. The number of H-pyrrole nitrogens is 1. The van der Waals surface area contributed by atoms with Crippen LogP contribution >= 0.6 is 0 Å². The van der Waals surface area contributed by atoms with Crippen LogP contribution in [0.3, 0.4) is 0 Å². The third-order valence-corrected chi connectivity index (χ3v) is 5.41. The summed E-state index contributed by atoms with van der Waals surface area (Å²) in [5.74, 6) is 1.59. The quantitative estimate of drug-likeness (QED) is 0.390. The third-order valence-electron chi connectivity index (χ3n) is 5.41. The Kier molecular flexibility index (Phi) is 4.96. The number of rotatable bonds is 7. The first-order valence-corrected chi connectivity index (χ1v) is 10.3. The molecule has 0 unspecified atom stereocenters. The van der Waals surface area contributed by atoms with Crippen molar-refractivity contribution in [2.75, 3.05) is 18.1 Å².